The summed E-state index contributed by atoms with van der Waals surface area (Å²) in [7, 11) is -4.02. The lowest BCUT2D eigenvalue weighted by atomic mass is 10.2. The number of benzene rings is 1. The first kappa shape index (κ1) is 8.44. The van der Waals surface area contributed by atoms with Gasteiger partial charge in [0.15, 0.2) is 0 Å². The first-order chi connectivity index (χ1) is 7.27. The van der Waals surface area contributed by atoms with Gasteiger partial charge in [0, 0.05) is 0 Å². The van der Waals surface area contributed by atoms with Gasteiger partial charge in [-0.05, 0) is 25.5 Å². The molecule has 4 heteroatoms. The highest BCUT2D eigenvalue weighted by atomic mass is 32.2. The summed E-state index contributed by atoms with van der Waals surface area (Å²) in [6.45, 7) is 1.19. The number of hydrogen-bond acceptors (Lipinski definition) is 3. The van der Waals surface area contributed by atoms with Crippen LogP contribution < -0.4 is 0 Å². The van der Waals surface area contributed by atoms with Gasteiger partial charge < -0.3 is 0 Å². The van der Waals surface area contributed by atoms with Gasteiger partial charge in [0.1, 0.15) is 0 Å². The van der Waals surface area contributed by atoms with Crippen molar-refractivity contribution in [1.82, 2.24) is 0 Å². The van der Waals surface area contributed by atoms with Crippen LogP contribution in [-0.2, 0) is 14.3 Å². The second-order valence-corrected chi connectivity index (χ2v) is 4.39. The fourth-order valence-corrected chi connectivity index (χ4v) is 1.73. The Labute approximate surface area is 87.6 Å². The molecule has 14 heavy (non-hydrogen) atoms. The van der Waals surface area contributed by atoms with Crippen molar-refractivity contribution >= 4 is 10.1 Å². The van der Waals surface area contributed by atoms with E-state index in [0.717, 1.165) is 5.56 Å². The molecule has 0 aliphatic heterocycles. The fraction of sp³-hybridized carbons (Fsp3) is 0.400. The Balaban J connectivity index is 2.99. The number of aryl methyl sites for hydroxylation is 1. The predicted molar refractivity (Wildman–Crippen MR) is 54.6 cm³/mol. The normalized spacial score (nSPS) is 14.7. The third kappa shape index (κ3) is 2.82. The van der Waals surface area contributed by atoms with Gasteiger partial charge in [-0.25, -0.2) is 0 Å². The third-order valence-electron chi connectivity index (χ3n) is 1.62. The van der Waals surface area contributed by atoms with Crippen molar-refractivity contribution in [3.8, 4) is 0 Å². The van der Waals surface area contributed by atoms with Crippen LogP contribution in [-0.4, -0.2) is 15.0 Å². The van der Waals surface area contributed by atoms with E-state index in [4.69, 9.17) is 2.74 Å². The second kappa shape index (κ2) is 4.57. The van der Waals surface area contributed by atoms with Gasteiger partial charge in [-0.1, -0.05) is 24.6 Å². The van der Waals surface area contributed by atoms with Crippen LogP contribution in [0, 0.1) is 6.92 Å². The first-order valence-electron chi connectivity index (χ1n) is 5.29. The van der Waals surface area contributed by atoms with Crippen LogP contribution in [0.1, 0.15) is 21.6 Å². The number of rotatable bonds is 4. The Bertz CT molecular complexity index is 451. The molecule has 1 aromatic carbocycles. The van der Waals surface area contributed by atoms with E-state index in [0.29, 0.717) is 0 Å². The van der Waals surface area contributed by atoms with Gasteiger partial charge in [-0.2, -0.15) is 8.42 Å². The molecule has 1 aromatic rings. The van der Waals surface area contributed by atoms with Crippen molar-refractivity contribution in [1.29, 1.82) is 0 Å². The maximum absolute atomic E-state index is 11.7. The summed E-state index contributed by atoms with van der Waals surface area (Å²) in [5, 5.41) is 0. The van der Waals surface area contributed by atoms with Gasteiger partial charge in [-0.15, -0.1) is 0 Å². The molecule has 0 heterocycles. The van der Waals surface area contributed by atoms with Crippen molar-refractivity contribution in [2.24, 2.45) is 0 Å². The lowest BCUT2D eigenvalue weighted by Crippen LogP contribution is -2.06. The minimum absolute atomic E-state index is 0.0297. The highest BCUT2D eigenvalue weighted by Crippen LogP contribution is 2.13. The summed E-state index contributed by atoms with van der Waals surface area (Å²) in [6, 6.07) is 6.07. The van der Waals surface area contributed by atoms with Crippen molar-refractivity contribution in [3.05, 3.63) is 29.8 Å². The molecule has 0 saturated heterocycles. The number of hydrogen-bond donors (Lipinski definition) is 0. The van der Waals surface area contributed by atoms with Crippen molar-refractivity contribution in [2.45, 2.75) is 25.2 Å². The zero-order chi connectivity index (χ0) is 12.4. The second-order valence-electron chi connectivity index (χ2n) is 2.85. The van der Waals surface area contributed by atoms with Gasteiger partial charge in [0.2, 0.25) is 0 Å². The maximum Gasteiger partial charge on any atom is 0.296 e. The topological polar surface area (TPSA) is 43.4 Å². The monoisotopic (exact) mass is 216 g/mol. The Kier molecular flexibility index (Phi) is 2.76. The molecule has 0 N–H and O–H groups in total. The zero-order valence-corrected chi connectivity index (χ0v) is 8.97. The molecule has 3 nitrogen and oxygen atoms in total. The highest BCUT2D eigenvalue weighted by Gasteiger charge is 2.13. The van der Waals surface area contributed by atoms with E-state index >= 15 is 0 Å². The van der Waals surface area contributed by atoms with Gasteiger partial charge in [0.05, 0.1) is 14.2 Å². The summed E-state index contributed by atoms with van der Waals surface area (Å²) in [5.74, 6) is 0. The Morgan fingerprint density at radius 2 is 1.93 bits per heavy atom. The van der Waals surface area contributed by atoms with Crippen LogP contribution >= 0.6 is 0 Å². The molecule has 1 rings (SSSR count). The molecule has 0 bridgehead atoms. The molecule has 0 saturated carbocycles. The molecule has 0 fully saturated rings. The lowest BCUT2D eigenvalue weighted by Gasteiger charge is -2.04. The minimum atomic E-state index is -4.02. The standard InChI is InChI=1S/C10H14O3S/c1-3-8-13-14(11,12)10-6-4-9(2)5-7-10/h4-7H,3,8H2,1-2H3/i8D2. The molecule has 0 spiro atoms. The average molecular weight is 216 g/mol. The van der Waals surface area contributed by atoms with Crippen molar-refractivity contribution in [3.63, 3.8) is 0 Å². The van der Waals surface area contributed by atoms with E-state index in [-0.39, 0.29) is 11.3 Å². The van der Waals surface area contributed by atoms with Crippen LogP contribution in [0.25, 0.3) is 0 Å². The Morgan fingerprint density at radius 1 is 1.36 bits per heavy atom. The molecule has 0 radical (unpaired) electrons. The Hall–Kier alpha value is -0.870. The van der Waals surface area contributed by atoms with E-state index in [1.165, 1.54) is 19.1 Å². The molecule has 0 atom stereocenters. The summed E-state index contributed by atoms with van der Waals surface area (Å²) < 4.78 is 42.4. The Morgan fingerprint density at radius 3 is 2.43 bits per heavy atom. The summed E-state index contributed by atoms with van der Waals surface area (Å²) in [4.78, 5) is -0.0320. The van der Waals surface area contributed by atoms with E-state index in [2.05, 4.69) is 4.18 Å². The summed E-state index contributed by atoms with van der Waals surface area (Å²) in [5.41, 5.74) is 0.928. The quantitative estimate of drug-likeness (QED) is 0.724. The van der Waals surface area contributed by atoms with E-state index in [1.807, 2.05) is 6.92 Å². The van der Waals surface area contributed by atoms with Crippen molar-refractivity contribution < 1.29 is 15.3 Å². The molecule has 0 aliphatic rings. The molecule has 0 aliphatic carbocycles. The van der Waals surface area contributed by atoms with Gasteiger partial charge in [-0.3, -0.25) is 4.18 Å². The molecule has 0 unspecified atom stereocenters. The highest BCUT2D eigenvalue weighted by molar-refractivity contribution is 7.86. The van der Waals surface area contributed by atoms with E-state index < -0.39 is 16.7 Å². The van der Waals surface area contributed by atoms with E-state index in [1.54, 1.807) is 12.1 Å². The van der Waals surface area contributed by atoms with Gasteiger partial charge >= 0.3 is 0 Å². The van der Waals surface area contributed by atoms with Crippen LogP contribution in [0.15, 0.2) is 29.2 Å². The first-order valence-corrected chi connectivity index (χ1v) is 5.70. The average Bonchev–Trinajstić information content (AvgIpc) is 2.17. The van der Waals surface area contributed by atoms with Crippen molar-refractivity contribution in [2.75, 3.05) is 6.56 Å². The van der Waals surface area contributed by atoms with Crippen LogP contribution in [0.3, 0.4) is 0 Å². The SMILES string of the molecule is [2H]C([2H])(CC)OS(=O)(=O)c1ccc(C)cc1. The fourth-order valence-electron chi connectivity index (χ4n) is 0.890. The van der Waals surface area contributed by atoms with Crippen LogP contribution in [0.2, 0.25) is 0 Å². The minimum Gasteiger partial charge on any atom is -0.266 e. The lowest BCUT2D eigenvalue weighted by molar-refractivity contribution is 0.318. The largest absolute Gasteiger partial charge is 0.296 e. The summed E-state index contributed by atoms with van der Waals surface area (Å²) >= 11 is 0. The molecule has 78 valence electrons. The zero-order valence-electron chi connectivity index (χ0n) is 10.1. The smallest absolute Gasteiger partial charge is 0.266 e. The molecule has 0 amide bonds. The van der Waals surface area contributed by atoms with E-state index in [9.17, 15) is 8.42 Å². The maximum atomic E-state index is 11.7. The third-order valence-corrected chi connectivity index (χ3v) is 2.81. The molecule has 0 aromatic heterocycles. The predicted octanol–water partition coefficient (Wildman–Crippen LogP) is 2.11. The molecular weight excluding hydrogens is 200 g/mol. The molecular formula is C10H14O3S. The van der Waals surface area contributed by atoms with Gasteiger partial charge in [0.25, 0.3) is 10.1 Å². The summed E-state index contributed by atoms with van der Waals surface area (Å²) in [6.07, 6.45) is -0.0297. The van der Waals surface area contributed by atoms with Crippen LogP contribution in [0.5, 0.6) is 0 Å². The van der Waals surface area contributed by atoms with Crippen LogP contribution in [0.4, 0.5) is 0 Å².